The molecule has 116 valence electrons. The highest BCUT2D eigenvalue weighted by atomic mass is 16.2. The molecule has 20 heavy (non-hydrogen) atoms. The average Bonchev–Trinajstić information content (AvgIpc) is 2.66. The molecule has 0 bridgehead atoms. The van der Waals surface area contributed by atoms with Crippen LogP contribution in [-0.2, 0) is 4.79 Å². The zero-order chi connectivity index (χ0) is 14.9. The highest BCUT2D eigenvalue weighted by molar-refractivity contribution is 5.84. The fourth-order valence-corrected chi connectivity index (χ4v) is 3.77. The van der Waals surface area contributed by atoms with Gasteiger partial charge < -0.3 is 4.90 Å². The van der Waals surface area contributed by atoms with Gasteiger partial charge in [0.1, 0.15) is 0 Å². The number of nitrogens with zero attached hydrogens (tertiary/aromatic N) is 1. The fraction of sp³-hybridized carbons (Fsp3) is 0.941. The maximum absolute atomic E-state index is 12.7. The molecule has 0 spiro atoms. The molecule has 1 saturated carbocycles. The van der Waals surface area contributed by atoms with Crippen LogP contribution >= 0.6 is 0 Å². The van der Waals surface area contributed by atoms with Crippen molar-refractivity contribution in [1.82, 2.24) is 10.2 Å². The van der Waals surface area contributed by atoms with E-state index in [0.29, 0.717) is 23.3 Å². The summed E-state index contributed by atoms with van der Waals surface area (Å²) < 4.78 is 0. The van der Waals surface area contributed by atoms with Gasteiger partial charge in [-0.15, -0.1) is 0 Å². The summed E-state index contributed by atoms with van der Waals surface area (Å²) in [4.78, 5) is 14.9. The normalized spacial score (nSPS) is 31.3. The third kappa shape index (κ3) is 3.36. The van der Waals surface area contributed by atoms with E-state index < -0.39 is 0 Å². The maximum atomic E-state index is 12.7. The van der Waals surface area contributed by atoms with E-state index in [0.717, 1.165) is 12.8 Å². The Labute approximate surface area is 124 Å². The van der Waals surface area contributed by atoms with Crippen LogP contribution in [0.4, 0.5) is 0 Å². The van der Waals surface area contributed by atoms with E-state index >= 15 is 0 Å². The second kappa shape index (κ2) is 6.05. The van der Waals surface area contributed by atoms with Gasteiger partial charge in [-0.05, 0) is 49.9 Å². The number of carbonyl (C=O) groups excluding carboxylic acids is 1. The SMILES string of the molecule is CCC1NC(CC(C)C)C(=O)N1C1CCC(C)(C)CC1. The molecule has 1 aliphatic carbocycles. The molecular weight excluding hydrogens is 248 g/mol. The van der Waals surface area contributed by atoms with Gasteiger partial charge in [-0.2, -0.15) is 0 Å². The summed E-state index contributed by atoms with van der Waals surface area (Å²) >= 11 is 0. The van der Waals surface area contributed by atoms with Gasteiger partial charge in [-0.3, -0.25) is 10.1 Å². The summed E-state index contributed by atoms with van der Waals surface area (Å²) in [5, 5.41) is 3.57. The molecule has 1 amide bonds. The molecule has 2 aliphatic rings. The highest BCUT2D eigenvalue weighted by Crippen LogP contribution is 2.38. The predicted molar refractivity (Wildman–Crippen MR) is 83.3 cm³/mol. The van der Waals surface area contributed by atoms with E-state index in [-0.39, 0.29) is 12.2 Å². The van der Waals surface area contributed by atoms with Crippen molar-refractivity contribution in [2.75, 3.05) is 0 Å². The van der Waals surface area contributed by atoms with Gasteiger partial charge in [0.2, 0.25) is 5.91 Å². The molecule has 3 heteroatoms. The average molecular weight is 280 g/mol. The monoisotopic (exact) mass is 280 g/mol. The summed E-state index contributed by atoms with van der Waals surface area (Å²) in [5.41, 5.74) is 0.464. The van der Waals surface area contributed by atoms with Crippen molar-refractivity contribution in [3.63, 3.8) is 0 Å². The first kappa shape index (κ1) is 15.8. The van der Waals surface area contributed by atoms with E-state index in [1.54, 1.807) is 0 Å². The van der Waals surface area contributed by atoms with Crippen LogP contribution in [0.1, 0.15) is 73.1 Å². The van der Waals surface area contributed by atoms with Gasteiger partial charge in [0.05, 0.1) is 12.2 Å². The third-order valence-corrected chi connectivity index (χ3v) is 5.08. The Morgan fingerprint density at radius 2 is 1.90 bits per heavy atom. The first-order chi connectivity index (χ1) is 9.34. The Hall–Kier alpha value is -0.570. The molecule has 0 aromatic carbocycles. The lowest BCUT2D eigenvalue weighted by atomic mass is 9.75. The topological polar surface area (TPSA) is 32.3 Å². The van der Waals surface area contributed by atoms with Gasteiger partial charge in [-0.1, -0.05) is 34.6 Å². The number of hydrogen-bond acceptors (Lipinski definition) is 2. The van der Waals surface area contributed by atoms with Crippen molar-refractivity contribution < 1.29 is 4.79 Å². The zero-order valence-corrected chi connectivity index (χ0v) is 13.9. The number of nitrogens with one attached hydrogen (secondary N) is 1. The molecule has 1 N–H and O–H groups in total. The van der Waals surface area contributed by atoms with Crippen molar-refractivity contribution >= 4 is 5.91 Å². The van der Waals surface area contributed by atoms with Crippen LogP contribution in [0, 0.1) is 11.3 Å². The standard InChI is InChI=1S/C17H32N2O/c1-6-15-18-14(11-12(2)3)16(20)19(15)13-7-9-17(4,5)10-8-13/h12-15,18H,6-11H2,1-5H3. The third-order valence-electron chi connectivity index (χ3n) is 5.08. The molecule has 1 heterocycles. The van der Waals surface area contributed by atoms with Gasteiger partial charge in [-0.25, -0.2) is 0 Å². The van der Waals surface area contributed by atoms with Crippen LogP contribution < -0.4 is 5.32 Å². The number of amides is 1. The van der Waals surface area contributed by atoms with Crippen LogP contribution in [0.2, 0.25) is 0 Å². The smallest absolute Gasteiger partial charge is 0.241 e. The lowest BCUT2D eigenvalue weighted by Crippen LogP contribution is -2.46. The van der Waals surface area contributed by atoms with Crippen LogP contribution in [0.3, 0.4) is 0 Å². The predicted octanol–water partition coefficient (Wildman–Crippen LogP) is 3.54. The molecule has 1 aliphatic heterocycles. The molecule has 2 fully saturated rings. The Bertz CT molecular complexity index is 341. The van der Waals surface area contributed by atoms with Crippen LogP contribution in [0.5, 0.6) is 0 Å². The van der Waals surface area contributed by atoms with E-state index in [2.05, 4.69) is 44.8 Å². The van der Waals surface area contributed by atoms with Crippen molar-refractivity contribution in [3.8, 4) is 0 Å². The van der Waals surface area contributed by atoms with Crippen molar-refractivity contribution in [2.24, 2.45) is 11.3 Å². The van der Waals surface area contributed by atoms with Crippen molar-refractivity contribution in [1.29, 1.82) is 0 Å². The lowest BCUT2D eigenvalue weighted by molar-refractivity contribution is -0.133. The van der Waals surface area contributed by atoms with Gasteiger partial charge in [0.25, 0.3) is 0 Å². The van der Waals surface area contributed by atoms with Crippen molar-refractivity contribution in [3.05, 3.63) is 0 Å². The molecular formula is C17H32N2O. The Morgan fingerprint density at radius 1 is 1.30 bits per heavy atom. The van der Waals surface area contributed by atoms with Crippen LogP contribution in [-0.4, -0.2) is 29.1 Å². The van der Waals surface area contributed by atoms with Gasteiger partial charge in [0.15, 0.2) is 0 Å². The van der Waals surface area contributed by atoms with E-state index in [4.69, 9.17) is 0 Å². The summed E-state index contributed by atoms with van der Waals surface area (Å²) in [7, 11) is 0. The first-order valence-electron chi connectivity index (χ1n) is 8.42. The highest BCUT2D eigenvalue weighted by Gasteiger charge is 2.43. The first-order valence-corrected chi connectivity index (χ1v) is 8.42. The molecule has 2 unspecified atom stereocenters. The van der Waals surface area contributed by atoms with E-state index in [9.17, 15) is 4.79 Å². The second-order valence-corrected chi connectivity index (χ2v) is 7.91. The Kier molecular flexibility index (Phi) is 4.78. The summed E-state index contributed by atoms with van der Waals surface area (Å²) in [5.74, 6) is 0.925. The zero-order valence-electron chi connectivity index (χ0n) is 13.9. The Balaban J connectivity index is 2.04. The molecule has 2 rings (SSSR count). The minimum absolute atomic E-state index is 0.0508. The molecule has 1 saturated heterocycles. The van der Waals surface area contributed by atoms with Gasteiger partial charge >= 0.3 is 0 Å². The quantitative estimate of drug-likeness (QED) is 0.854. The van der Waals surface area contributed by atoms with E-state index in [1.165, 1.54) is 25.7 Å². The van der Waals surface area contributed by atoms with Crippen LogP contribution in [0.15, 0.2) is 0 Å². The van der Waals surface area contributed by atoms with Gasteiger partial charge in [0, 0.05) is 6.04 Å². The fourth-order valence-electron chi connectivity index (χ4n) is 3.77. The molecule has 2 atom stereocenters. The number of carbonyl (C=O) groups is 1. The van der Waals surface area contributed by atoms with E-state index in [1.807, 2.05) is 0 Å². The molecule has 0 aromatic heterocycles. The second-order valence-electron chi connectivity index (χ2n) is 7.91. The minimum Gasteiger partial charge on any atom is -0.323 e. The van der Waals surface area contributed by atoms with Crippen LogP contribution in [0.25, 0.3) is 0 Å². The summed E-state index contributed by atoms with van der Waals surface area (Å²) in [6, 6.07) is 0.514. The minimum atomic E-state index is 0.0508. The largest absolute Gasteiger partial charge is 0.323 e. The summed E-state index contributed by atoms with van der Waals surface area (Å²) in [6.45, 7) is 11.3. The summed E-state index contributed by atoms with van der Waals surface area (Å²) in [6.07, 6.45) is 7.07. The number of rotatable bonds is 4. The Morgan fingerprint density at radius 3 is 2.40 bits per heavy atom. The van der Waals surface area contributed by atoms with Crippen molar-refractivity contribution in [2.45, 2.75) is 91.4 Å². The lowest BCUT2D eigenvalue weighted by Gasteiger charge is -2.40. The number of hydrogen-bond donors (Lipinski definition) is 1. The molecule has 3 nitrogen and oxygen atoms in total. The molecule has 0 radical (unpaired) electrons. The maximum Gasteiger partial charge on any atom is 0.241 e. The molecule has 0 aromatic rings.